The zero-order valence-electron chi connectivity index (χ0n) is 10.0. The van der Waals surface area contributed by atoms with Gasteiger partial charge in [0.15, 0.2) is 0 Å². The molecular weight excluding hydrogens is 226 g/mol. The van der Waals surface area contributed by atoms with Crippen LogP contribution in [0.5, 0.6) is 0 Å². The molecule has 0 saturated carbocycles. The van der Waals surface area contributed by atoms with Crippen molar-refractivity contribution in [3.63, 3.8) is 0 Å². The summed E-state index contributed by atoms with van der Waals surface area (Å²) in [6.45, 7) is 0. The minimum Gasteiger partial charge on any atom is -0.323 e. The van der Waals surface area contributed by atoms with Gasteiger partial charge in [-0.15, -0.1) is 0 Å². The minimum absolute atomic E-state index is 0.0372. The smallest absolute Gasteiger partial charge is 0.232 e. The predicted molar refractivity (Wildman–Crippen MR) is 69.3 cm³/mol. The van der Waals surface area contributed by atoms with E-state index >= 15 is 0 Å². The van der Waals surface area contributed by atoms with E-state index in [0.29, 0.717) is 0 Å². The van der Waals surface area contributed by atoms with Crippen LogP contribution in [0.2, 0.25) is 0 Å². The largest absolute Gasteiger partial charge is 0.323 e. The van der Waals surface area contributed by atoms with Crippen LogP contribution in [0.3, 0.4) is 0 Å². The number of rotatable bonds is 2. The number of aryl methyl sites for hydroxylation is 1. The molecule has 1 amide bonds. The molecule has 0 radical (unpaired) electrons. The molecule has 1 aliphatic carbocycles. The lowest BCUT2D eigenvalue weighted by atomic mass is 9.82. The van der Waals surface area contributed by atoms with Gasteiger partial charge in [-0.3, -0.25) is 9.89 Å². The number of carbonyl (C=O) groups is 1. The number of anilines is 1. The number of aromatic nitrogens is 2. The number of benzene rings is 1. The van der Waals surface area contributed by atoms with Gasteiger partial charge < -0.3 is 5.32 Å². The van der Waals surface area contributed by atoms with Crippen molar-refractivity contribution in [2.45, 2.75) is 25.2 Å². The van der Waals surface area contributed by atoms with Crippen molar-refractivity contribution in [3.05, 3.63) is 47.8 Å². The summed E-state index contributed by atoms with van der Waals surface area (Å²) in [5, 5.41) is 9.42. The molecule has 1 aromatic carbocycles. The summed E-state index contributed by atoms with van der Waals surface area (Å²) in [7, 11) is 0. The third-order valence-electron chi connectivity index (χ3n) is 3.45. The first-order chi connectivity index (χ1) is 8.84. The first kappa shape index (κ1) is 11.0. The topological polar surface area (TPSA) is 57.8 Å². The lowest BCUT2D eigenvalue weighted by Gasteiger charge is -2.24. The maximum atomic E-state index is 12.3. The summed E-state index contributed by atoms with van der Waals surface area (Å²) < 4.78 is 0. The number of H-pyrrole nitrogens is 1. The van der Waals surface area contributed by atoms with Gasteiger partial charge in [0.2, 0.25) is 5.91 Å². The van der Waals surface area contributed by atoms with Crippen LogP contribution in [0.4, 0.5) is 5.69 Å². The molecule has 1 aliphatic rings. The number of fused-ring (bicyclic) bond motifs is 1. The van der Waals surface area contributed by atoms with Crippen LogP contribution in [-0.2, 0) is 11.2 Å². The number of amides is 1. The van der Waals surface area contributed by atoms with E-state index in [-0.39, 0.29) is 11.8 Å². The van der Waals surface area contributed by atoms with Crippen LogP contribution >= 0.6 is 0 Å². The Hall–Kier alpha value is -2.10. The molecule has 0 spiro atoms. The molecule has 3 rings (SSSR count). The summed E-state index contributed by atoms with van der Waals surface area (Å²) in [4.78, 5) is 12.3. The summed E-state index contributed by atoms with van der Waals surface area (Å²) in [6, 6.07) is 8.22. The molecule has 0 fully saturated rings. The Kier molecular flexibility index (Phi) is 2.84. The number of carbonyl (C=O) groups excluding carboxylic acids is 1. The van der Waals surface area contributed by atoms with E-state index in [1.807, 2.05) is 12.1 Å². The minimum atomic E-state index is -0.0372. The van der Waals surface area contributed by atoms with Gasteiger partial charge in [0.05, 0.1) is 17.8 Å². The lowest BCUT2D eigenvalue weighted by molar-refractivity contribution is -0.117. The normalized spacial score (nSPS) is 18.1. The molecule has 1 heterocycles. The molecule has 1 atom stereocenters. The second-order valence-corrected chi connectivity index (χ2v) is 4.62. The fourth-order valence-corrected chi connectivity index (χ4v) is 2.57. The van der Waals surface area contributed by atoms with E-state index in [9.17, 15) is 4.79 Å². The van der Waals surface area contributed by atoms with Gasteiger partial charge in [0, 0.05) is 6.20 Å². The third-order valence-corrected chi connectivity index (χ3v) is 3.45. The van der Waals surface area contributed by atoms with Crippen LogP contribution in [0.1, 0.15) is 29.9 Å². The van der Waals surface area contributed by atoms with E-state index in [4.69, 9.17) is 0 Å². The summed E-state index contributed by atoms with van der Waals surface area (Å²) in [6.07, 6.45) is 6.37. The first-order valence-electron chi connectivity index (χ1n) is 6.22. The van der Waals surface area contributed by atoms with Gasteiger partial charge in [-0.1, -0.05) is 24.3 Å². The second kappa shape index (κ2) is 4.64. The van der Waals surface area contributed by atoms with E-state index in [0.717, 1.165) is 24.9 Å². The Balaban J connectivity index is 1.83. The molecule has 1 aromatic heterocycles. The Bertz CT molecular complexity index is 548. The van der Waals surface area contributed by atoms with E-state index in [2.05, 4.69) is 27.6 Å². The van der Waals surface area contributed by atoms with Crippen LogP contribution in [-0.4, -0.2) is 16.1 Å². The third kappa shape index (κ3) is 2.01. The number of hydrogen-bond donors (Lipinski definition) is 2. The fraction of sp³-hybridized carbons (Fsp3) is 0.286. The highest BCUT2D eigenvalue weighted by molar-refractivity contribution is 5.96. The highest BCUT2D eigenvalue weighted by atomic mass is 16.1. The van der Waals surface area contributed by atoms with Gasteiger partial charge in [-0.05, 0) is 30.4 Å². The van der Waals surface area contributed by atoms with E-state index in [1.165, 1.54) is 11.1 Å². The highest BCUT2D eigenvalue weighted by Crippen LogP contribution is 2.32. The SMILES string of the molecule is O=C(Nc1cn[nH]c1)C1CCCc2ccccc21. The monoisotopic (exact) mass is 241 g/mol. The molecule has 1 unspecified atom stereocenters. The molecule has 4 nitrogen and oxygen atoms in total. The number of aromatic amines is 1. The van der Waals surface area contributed by atoms with E-state index < -0.39 is 0 Å². The van der Waals surface area contributed by atoms with Gasteiger partial charge in [0.25, 0.3) is 0 Å². The maximum Gasteiger partial charge on any atom is 0.232 e. The van der Waals surface area contributed by atoms with Crippen molar-refractivity contribution in [1.29, 1.82) is 0 Å². The van der Waals surface area contributed by atoms with Gasteiger partial charge in [0.1, 0.15) is 0 Å². The van der Waals surface area contributed by atoms with Crippen molar-refractivity contribution in [3.8, 4) is 0 Å². The molecule has 4 heteroatoms. The van der Waals surface area contributed by atoms with Gasteiger partial charge >= 0.3 is 0 Å². The highest BCUT2D eigenvalue weighted by Gasteiger charge is 2.26. The molecule has 2 N–H and O–H groups in total. The van der Waals surface area contributed by atoms with E-state index in [1.54, 1.807) is 12.4 Å². The lowest BCUT2D eigenvalue weighted by Crippen LogP contribution is -2.24. The van der Waals surface area contributed by atoms with Crippen molar-refractivity contribution in [2.24, 2.45) is 0 Å². The average molecular weight is 241 g/mol. The summed E-state index contributed by atoms with van der Waals surface area (Å²) in [5.41, 5.74) is 3.20. The Morgan fingerprint density at radius 3 is 3.11 bits per heavy atom. The molecule has 0 bridgehead atoms. The first-order valence-corrected chi connectivity index (χ1v) is 6.22. The van der Waals surface area contributed by atoms with Crippen molar-refractivity contribution in [2.75, 3.05) is 5.32 Å². The molecule has 2 aromatic rings. The quantitative estimate of drug-likeness (QED) is 0.848. The van der Waals surface area contributed by atoms with Crippen molar-refractivity contribution in [1.82, 2.24) is 10.2 Å². The van der Waals surface area contributed by atoms with Gasteiger partial charge in [-0.25, -0.2) is 0 Å². The van der Waals surface area contributed by atoms with Crippen LogP contribution in [0.15, 0.2) is 36.7 Å². The van der Waals surface area contributed by atoms with Crippen molar-refractivity contribution >= 4 is 11.6 Å². The average Bonchev–Trinajstić information content (AvgIpc) is 2.91. The van der Waals surface area contributed by atoms with Crippen LogP contribution < -0.4 is 5.32 Å². The number of nitrogens with zero attached hydrogens (tertiary/aromatic N) is 1. The maximum absolute atomic E-state index is 12.3. The Morgan fingerprint density at radius 1 is 1.39 bits per heavy atom. The summed E-state index contributed by atoms with van der Waals surface area (Å²) in [5.74, 6) is 0.0217. The fourth-order valence-electron chi connectivity index (χ4n) is 2.57. The molecule has 0 saturated heterocycles. The molecule has 0 aliphatic heterocycles. The predicted octanol–water partition coefficient (Wildman–Crippen LogP) is 2.47. The second-order valence-electron chi connectivity index (χ2n) is 4.62. The standard InChI is InChI=1S/C14H15N3O/c18-14(17-11-8-15-16-9-11)13-7-3-5-10-4-1-2-6-12(10)13/h1-2,4,6,8-9,13H,3,5,7H2,(H,15,16)(H,17,18). The van der Waals surface area contributed by atoms with Crippen LogP contribution in [0, 0.1) is 0 Å². The van der Waals surface area contributed by atoms with Crippen LogP contribution in [0.25, 0.3) is 0 Å². The van der Waals surface area contributed by atoms with Crippen molar-refractivity contribution < 1.29 is 4.79 Å². The molecular formula is C14H15N3O. The molecule has 92 valence electrons. The number of hydrogen-bond acceptors (Lipinski definition) is 2. The Labute approximate surface area is 105 Å². The zero-order valence-corrected chi connectivity index (χ0v) is 10.0. The summed E-state index contributed by atoms with van der Waals surface area (Å²) >= 11 is 0. The Morgan fingerprint density at radius 2 is 2.28 bits per heavy atom. The van der Waals surface area contributed by atoms with Gasteiger partial charge in [-0.2, -0.15) is 5.10 Å². The zero-order chi connectivity index (χ0) is 12.4. The molecule has 18 heavy (non-hydrogen) atoms. The number of nitrogens with one attached hydrogen (secondary N) is 2.